The highest BCUT2D eigenvalue weighted by molar-refractivity contribution is 6.03. The van der Waals surface area contributed by atoms with Crippen molar-refractivity contribution in [2.24, 2.45) is 9.98 Å². The summed E-state index contributed by atoms with van der Waals surface area (Å²) in [4.78, 5) is 20.4. The summed E-state index contributed by atoms with van der Waals surface area (Å²) in [5.41, 5.74) is 0.842. The van der Waals surface area contributed by atoms with E-state index in [4.69, 9.17) is 18.9 Å². The zero-order valence-electron chi connectivity index (χ0n) is 27.1. The molecule has 14 heteroatoms. The zero-order valence-corrected chi connectivity index (χ0v) is 27.1. The first-order valence-electron chi connectivity index (χ1n) is 15.9. The molecule has 8 atom stereocenters. The number of phenols is 2. The van der Waals surface area contributed by atoms with Crippen LogP contribution in [0.3, 0.4) is 0 Å². The summed E-state index contributed by atoms with van der Waals surface area (Å²) < 4.78 is 22.4. The number of hydrogen-bond donors (Lipinski definition) is 7. The van der Waals surface area contributed by atoms with E-state index in [9.17, 15) is 40.5 Å². The van der Waals surface area contributed by atoms with Crippen molar-refractivity contribution in [3.8, 4) is 11.5 Å². The number of hydrogen-bond acceptors (Lipinski definition) is 14. The summed E-state index contributed by atoms with van der Waals surface area (Å²) in [5, 5.41) is 76.7. The molecule has 0 aliphatic carbocycles. The number of aliphatic imine (C=N–C) groups is 2. The molecule has 1 saturated heterocycles. The van der Waals surface area contributed by atoms with E-state index in [2.05, 4.69) is 9.98 Å². The minimum atomic E-state index is -1.74. The molecule has 1 aliphatic heterocycles. The standard InChI is InChI=1S/C36H40N2O12/c1-20(41)47-35-33(45)31(19-40)50-36(34(35)46)49-29(16-37-14-25-23-8-4-2-6-21(23)10-12-27(25)42)30(18-39)48-32(44)17-38-15-26-24-9-5-3-7-22(24)11-13-28(26)43/h2-15,29-36,39-40,42-46H,16-19H2,1H3/t29-,30+,31-,32-,33-,34+,35+,36-/m0/s1. The lowest BCUT2D eigenvalue weighted by Crippen LogP contribution is -2.61. The second-order valence-corrected chi connectivity index (χ2v) is 11.7. The highest BCUT2D eigenvalue weighted by atomic mass is 16.7. The third kappa shape index (κ3) is 8.61. The molecule has 5 rings (SSSR count). The van der Waals surface area contributed by atoms with Gasteiger partial charge in [-0.2, -0.15) is 0 Å². The maximum Gasteiger partial charge on any atom is 0.303 e. The predicted octanol–water partition coefficient (Wildman–Crippen LogP) is 1.39. The second-order valence-electron chi connectivity index (χ2n) is 11.7. The molecule has 14 nitrogen and oxygen atoms in total. The normalized spacial score (nSPS) is 23.0. The fraction of sp³-hybridized carbons (Fsp3) is 0.361. The Hall–Kier alpha value is -4.51. The SMILES string of the molecule is CC(=O)O[C@@H]1[C@@H](O)[C@H](CO)O[C@H](O[C@@H](CN=Cc2c(O)ccc3ccccc23)[C@@H](CO)O[C@H](O)CN=Cc2c(O)ccc3ccccc23)[C@@H]1O. The predicted molar refractivity (Wildman–Crippen MR) is 182 cm³/mol. The van der Waals surface area contributed by atoms with Gasteiger partial charge in [0.25, 0.3) is 0 Å². The Morgan fingerprint density at radius 1 is 0.820 bits per heavy atom. The largest absolute Gasteiger partial charge is 0.507 e. The fourth-order valence-electron chi connectivity index (χ4n) is 5.73. The molecule has 7 N–H and O–H groups in total. The van der Waals surface area contributed by atoms with Crippen LogP contribution in [-0.4, -0.2) is 130 Å². The molecule has 4 aromatic carbocycles. The van der Waals surface area contributed by atoms with Crippen LogP contribution in [0.1, 0.15) is 18.1 Å². The average molecular weight is 693 g/mol. The summed E-state index contributed by atoms with van der Waals surface area (Å²) in [6.07, 6.45) is -9.16. The number of nitrogens with zero attached hydrogens (tertiary/aromatic N) is 2. The number of aliphatic hydroxyl groups is 5. The third-order valence-corrected chi connectivity index (χ3v) is 8.24. The Labute approximate surface area is 287 Å². The van der Waals surface area contributed by atoms with Gasteiger partial charge in [-0.25, -0.2) is 0 Å². The van der Waals surface area contributed by atoms with Crippen LogP contribution in [0.25, 0.3) is 21.5 Å². The molecule has 266 valence electrons. The van der Waals surface area contributed by atoms with Crippen LogP contribution in [0.4, 0.5) is 0 Å². The number of rotatable bonds is 14. The van der Waals surface area contributed by atoms with Gasteiger partial charge in [-0.15, -0.1) is 0 Å². The van der Waals surface area contributed by atoms with Gasteiger partial charge in [0.2, 0.25) is 0 Å². The number of carbonyl (C=O) groups excluding carboxylic acids is 1. The third-order valence-electron chi connectivity index (χ3n) is 8.24. The molecule has 0 spiro atoms. The Morgan fingerprint density at radius 3 is 1.92 bits per heavy atom. The minimum absolute atomic E-state index is 0.0101. The van der Waals surface area contributed by atoms with Crippen molar-refractivity contribution in [1.29, 1.82) is 0 Å². The topological polar surface area (TPSA) is 220 Å². The molecule has 4 aromatic rings. The summed E-state index contributed by atoms with van der Waals surface area (Å²) >= 11 is 0. The van der Waals surface area contributed by atoms with Gasteiger partial charge >= 0.3 is 5.97 Å². The Bertz CT molecular complexity index is 1820. The number of esters is 1. The molecule has 1 aliphatic rings. The van der Waals surface area contributed by atoms with Crippen molar-refractivity contribution in [2.75, 3.05) is 26.3 Å². The van der Waals surface area contributed by atoms with E-state index in [1.807, 2.05) is 36.4 Å². The smallest absolute Gasteiger partial charge is 0.303 e. The van der Waals surface area contributed by atoms with Crippen LogP contribution in [0.15, 0.2) is 82.8 Å². The highest BCUT2D eigenvalue weighted by Crippen LogP contribution is 2.29. The van der Waals surface area contributed by atoms with Crippen LogP contribution in [0.5, 0.6) is 11.5 Å². The van der Waals surface area contributed by atoms with Gasteiger partial charge in [0.1, 0.15) is 42.0 Å². The quantitative estimate of drug-likeness (QED) is 0.0567. The van der Waals surface area contributed by atoms with Crippen molar-refractivity contribution in [1.82, 2.24) is 0 Å². The van der Waals surface area contributed by atoms with E-state index >= 15 is 0 Å². The molecule has 0 bridgehead atoms. The first-order chi connectivity index (χ1) is 24.1. The van der Waals surface area contributed by atoms with Crippen molar-refractivity contribution in [3.63, 3.8) is 0 Å². The van der Waals surface area contributed by atoms with Gasteiger partial charge in [0, 0.05) is 30.5 Å². The van der Waals surface area contributed by atoms with E-state index in [1.54, 1.807) is 24.3 Å². The zero-order chi connectivity index (χ0) is 35.8. The number of ether oxygens (including phenoxy) is 4. The lowest BCUT2D eigenvalue weighted by atomic mass is 9.99. The van der Waals surface area contributed by atoms with Crippen LogP contribution in [-0.2, 0) is 23.7 Å². The van der Waals surface area contributed by atoms with E-state index in [-0.39, 0.29) is 24.6 Å². The summed E-state index contributed by atoms with van der Waals surface area (Å²) in [5.74, 6) is -0.858. The molecule has 50 heavy (non-hydrogen) atoms. The monoisotopic (exact) mass is 692 g/mol. The molecule has 0 saturated carbocycles. The second kappa shape index (κ2) is 16.9. The molecular formula is C36H40N2O12. The Balaban J connectivity index is 1.37. The lowest BCUT2D eigenvalue weighted by molar-refractivity contribution is -0.322. The van der Waals surface area contributed by atoms with E-state index in [1.165, 1.54) is 24.6 Å². The maximum absolute atomic E-state index is 11.7. The number of phenolic OH excluding ortho intramolecular Hbond substituents is 2. The van der Waals surface area contributed by atoms with E-state index in [0.717, 1.165) is 23.1 Å². The maximum atomic E-state index is 11.7. The Kier molecular flexibility index (Phi) is 12.5. The molecule has 0 aromatic heterocycles. The number of benzene rings is 4. The molecule has 1 fully saturated rings. The average Bonchev–Trinajstić information content (AvgIpc) is 3.11. The van der Waals surface area contributed by atoms with Gasteiger partial charge < -0.3 is 54.7 Å². The summed E-state index contributed by atoms with van der Waals surface area (Å²) in [6, 6.07) is 21.3. The first kappa shape index (κ1) is 36.8. The molecule has 0 unspecified atom stereocenters. The van der Waals surface area contributed by atoms with Gasteiger partial charge in [-0.05, 0) is 33.7 Å². The van der Waals surface area contributed by atoms with Crippen LogP contribution >= 0.6 is 0 Å². The number of aromatic hydroxyl groups is 2. The fourth-order valence-corrected chi connectivity index (χ4v) is 5.73. The van der Waals surface area contributed by atoms with Crippen molar-refractivity contribution >= 4 is 39.9 Å². The van der Waals surface area contributed by atoms with Crippen LogP contribution < -0.4 is 0 Å². The van der Waals surface area contributed by atoms with E-state index in [0.29, 0.717) is 16.5 Å². The molecule has 0 amide bonds. The van der Waals surface area contributed by atoms with Crippen molar-refractivity contribution < 1.29 is 59.5 Å². The van der Waals surface area contributed by atoms with Crippen LogP contribution in [0, 0.1) is 0 Å². The van der Waals surface area contributed by atoms with E-state index < -0.39 is 68.4 Å². The van der Waals surface area contributed by atoms with Gasteiger partial charge in [-0.1, -0.05) is 60.7 Å². The number of aliphatic hydroxyl groups excluding tert-OH is 5. The van der Waals surface area contributed by atoms with Gasteiger partial charge in [0.15, 0.2) is 18.7 Å². The molecule has 1 heterocycles. The molecule has 0 radical (unpaired) electrons. The minimum Gasteiger partial charge on any atom is -0.507 e. The van der Waals surface area contributed by atoms with Crippen LogP contribution in [0.2, 0.25) is 0 Å². The van der Waals surface area contributed by atoms with Crippen molar-refractivity contribution in [2.45, 2.75) is 56.1 Å². The van der Waals surface area contributed by atoms with Gasteiger partial charge in [0.05, 0.1) is 26.3 Å². The summed E-state index contributed by atoms with van der Waals surface area (Å²) in [7, 11) is 0. The summed E-state index contributed by atoms with van der Waals surface area (Å²) in [6.45, 7) is -0.926. The number of fused-ring (bicyclic) bond motifs is 2. The first-order valence-corrected chi connectivity index (χ1v) is 15.9. The van der Waals surface area contributed by atoms with Crippen molar-refractivity contribution in [3.05, 3.63) is 83.9 Å². The Morgan fingerprint density at radius 2 is 1.38 bits per heavy atom. The molecular weight excluding hydrogens is 652 g/mol. The highest BCUT2D eigenvalue weighted by Gasteiger charge is 2.48. The lowest BCUT2D eigenvalue weighted by Gasteiger charge is -2.42. The number of carbonyl (C=O) groups is 1. The van der Waals surface area contributed by atoms with Gasteiger partial charge in [-0.3, -0.25) is 14.8 Å².